The van der Waals surface area contributed by atoms with E-state index in [0.29, 0.717) is 23.0 Å². The number of aryl methyl sites for hydroxylation is 1. The van der Waals surface area contributed by atoms with Gasteiger partial charge in [-0.25, -0.2) is 4.98 Å². The molecule has 3 N–H and O–H groups in total. The summed E-state index contributed by atoms with van der Waals surface area (Å²) in [4.78, 5) is 15.2. The maximum Gasteiger partial charge on any atom is 0.222 e. The lowest BCUT2D eigenvalue weighted by molar-refractivity contribution is -0.114. The molecule has 15 heavy (non-hydrogen) atoms. The smallest absolute Gasteiger partial charge is 0.222 e. The minimum atomic E-state index is -0.163. The van der Waals surface area contributed by atoms with Crippen molar-refractivity contribution in [2.24, 2.45) is 0 Å². The fraction of sp³-hybridized carbons (Fsp3) is 0.222. The molecule has 0 spiro atoms. The monoisotopic (exact) mass is 205 g/mol. The van der Waals surface area contributed by atoms with E-state index in [1.807, 2.05) is 0 Å². The molecule has 0 fully saturated rings. The van der Waals surface area contributed by atoms with Gasteiger partial charge < -0.3 is 11.1 Å². The Morgan fingerprint density at radius 3 is 2.93 bits per heavy atom. The van der Waals surface area contributed by atoms with Crippen molar-refractivity contribution in [1.82, 2.24) is 14.6 Å². The van der Waals surface area contributed by atoms with Gasteiger partial charge in [-0.3, -0.25) is 4.79 Å². The Balaban J connectivity index is 2.65. The summed E-state index contributed by atoms with van der Waals surface area (Å²) >= 11 is 0. The van der Waals surface area contributed by atoms with E-state index in [1.54, 1.807) is 19.1 Å². The molecule has 0 aromatic carbocycles. The van der Waals surface area contributed by atoms with E-state index in [1.165, 1.54) is 11.4 Å². The average Bonchev–Trinajstić information content (AvgIpc) is 2.43. The third-order valence-electron chi connectivity index (χ3n) is 1.97. The largest absolute Gasteiger partial charge is 0.382 e. The predicted octanol–water partition coefficient (Wildman–Crippen LogP) is 0.578. The van der Waals surface area contributed by atoms with Crippen LogP contribution in [-0.4, -0.2) is 20.5 Å². The number of fused-ring (bicyclic) bond motifs is 1. The normalized spacial score (nSPS) is 10.5. The Labute approximate surface area is 86.1 Å². The lowest BCUT2D eigenvalue weighted by atomic mass is 10.5. The van der Waals surface area contributed by atoms with Gasteiger partial charge in [0.1, 0.15) is 5.82 Å². The fourth-order valence-electron chi connectivity index (χ4n) is 1.37. The molecule has 0 radical (unpaired) electrons. The highest BCUT2D eigenvalue weighted by Gasteiger charge is 2.10. The van der Waals surface area contributed by atoms with Gasteiger partial charge in [-0.2, -0.15) is 4.52 Å². The number of carbonyl (C=O) groups is 1. The quantitative estimate of drug-likeness (QED) is 0.713. The zero-order chi connectivity index (χ0) is 11.0. The number of aromatic nitrogens is 3. The average molecular weight is 205 g/mol. The second-order valence-corrected chi connectivity index (χ2v) is 3.26. The molecule has 0 unspecified atom stereocenters. The summed E-state index contributed by atoms with van der Waals surface area (Å²) in [6, 6.07) is 3.42. The molecule has 0 atom stereocenters. The van der Waals surface area contributed by atoms with Crippen LogP contribution in [0.5, 0.6) is 0 Å². The number of hydrogen-bond acceptors (Lipinski definition) is 4. The number of nitrogen functional groups attached to an aromatic ring is 1. The van der Waals surface area contributed by atoms with Crippen molar-refractivity contribution >= 4 is 23.2 Å². The van der Waals surface area contributed by atoms with Crippen molar-refractivity contribution in [1.29, 1.82) is 0 Å². The Morgan fingerprint density at radius 2 is 2.27 bits per heavy atom. The van der Waals surface area contributed by atoms with Gasteiger partial charge in [0.15, 0.2) is 11.5 Å². The molecule has 0 aliphatic rings. The Morgan fingerprint density at radius 1 is 1.53 bits per heavy atom. The number of hydrogen-bond donors (Lipinski definition) is 2. The highest BCUT2D eigenvalue weighted by molar-refractivity contribution is 5.88. The maximum absolute atomic E-state index is 11.0. The minimum Gasteiger partial charge on any atom is -0.382 e. The predicted molar refractivity (Wildman–Crippen MR) is 56.4 cm³/mol. The number of carbonyl (C=O) groups excluding carboxylic acids is 1. The molecule has 0 aliphatic carbocycles. The van der Waals surface area contributed by atoms with Gasteiger partial charge in [-0.15, -0.1) is 5.10 Å². The van der Waals surface area contributed by atoms with Crippen LogP contribution in [0.15, 0.2) is 12.1 Å². The van der Waals surface area contributed by atoms with Crippen molar-refractivity contribution in [2.45, 2.75) is 13.8 Å². The molecule has 0 saturated heterocycles. The molecule has 6 nitrogen and oxygen atoms in total. The Bertz CT molecular complexity index is 531. The van der Waals surface area contributed by atoms with Crippen molar-refractivity contribution < 1.29 is 4.79 Å². The van der Waals surface area contributed by atoms with E-state index in [2.05, 4.69) is 15.4 Å². The first-order valence-corrected chi connectivity index (χ1v) is 4.47. The summed E-state index contributed by atoms with van der Waals surface area (Å²) in [5.74, 6) is 0.778. The molecule has 1 amide bonds. The van der Waals surface area contributed by atoms with Crippen LogP contribution in [-0.2, 0) is 4.79 Å². The minimum absolute atomic E-state index is 0.163. The first-order chi connectivity index (χ1) is 7.08. The van der Waals surface area contributed by atoms with E-state index < -0.39 is 0 Å². The third kappa shape index (κ3) is 1.61. The van der Waals surface area contributed by atoms with Gasteiger partial charge in [-0.05, 0) is 19.1 Å². The van der Waals surface area contributed by atoms with Crippen LogP contribution < -0.4 is 11.1 Å². The lowest BCUT2D eigenvalue weighted by Crippen LogP contribution is -2.10. The molecule has 0 aliphatic heterocycles. The van der Waals surface area contributed by atoms with E-state index in [9.17, 15) is 4.79 Å². The van der Waals surface area contributed by atoms with E-state index >= 15 is 0 Å². The standard InChI is InChI=1S/C9H11N5O/c1-5-9(12-6(2)15)14-8(11-5)4-3-7(10)13-14/h3-4H,1-2H3,(H2,10,13)(H,12,15). The van der Waals surface area contributed by atoms with E-state index in [0.717, 1.165) is 0 Å². The highest BCUT2D eigenvalue weighted by atomic mass is 16.1. The maximum atomic E-state index is 11.0. The van der Waals surface area contributed by atoms with E-state index in [-0.39, 0.29) is 5.91 Å². The van der Waals surface area contributed by atoms with Crippen LogP contribution in [0, 0.1) is 6.92 Å². The summed E-state index contributed by atoms with van der Waals surface area (Å²) in [7, 11) is 0. The van der Waals surface area contributed by atoms with Gasteiger partial charge in [0.25, 0.3) is 0 Å². The fourth-order valence-corrected chi connectivity index (χ4v) is 1.37. The Kier molecular flexibility index (Phi) is 2.03. The summed E-state index contributed by atoms with van der Waals surface area (Å²) < 4.78 is 1.52. The van der Waals surface area contributed by atoms with Crippen LogP contribution in [0.25, 0.3) is 5.65 Å². The number of rotatable bonds is 1. The summed E-state index contributed by atoms with van der Waals surface area (Å²) in [5.41, 5.74) is 6.93. The number of imidazole rings is 1. The molecular weight excluding hydrogens is 194 g/mol. The molecule has 2 aromatic rings. The SMILES string of the molecule is CC(=O)Nc1c(C)nc2ccc(N)nn12. The van der Waals surface area contributed by atoms with Gasteiger partial charge in [-0.1, -0.05) is 0 Å². The number of nitrogens with two attached hydrogens (primary N) is 1. The molecule has 0 bridgehead atoms. The first kappa shape index (κ1) is 9.45. The summed E-state index contributed by atoms with van der Waals surface area (Å²) in [6.45, 7) is 3.24. The van der Waals surface area contributed by atoms with Crippen LogP contribution in [0.1, 0.15) is 12.6 Å². The van der Waals surface area contributed by atoms with Gasteiger partial charge >= 0.3 is 0 Å². The lowest BCUT2D eigenvalue weighted by Gasteiger charge is -2.02. The second kappa shape index (κ2) is 3.23. The van der Waals surface area contributed by atoms with Gasteiger partial charge in [0, 0.05) is 6.92 Å². The van der Waals surface area contributed by atoms with Gasteiger partial charge in [0.2, 0.25) is 5.91 Å². The van der Waals surface area contributed by atoms with Crippen molar-refractivity contribution in [3.05, 3.63) is 17.8 Å². The molecule has 2 aromatic heterocycles. The van der Waals surface area contributed by atoms with Crippen molar-refractivity contribution in [3.8, 4) is 0 Å². The molecule has 2 heterocycles. The van der Waals surface area contributed by atoms with Crippen molar-refractivity contribution in [3.63, 3.8) is 0 Å². The van der Waals surface area contributed by atoms with Crippen LogP contribution >= 0.6 is 0 Å². The Hall–Kier alpha value is -2.11. The molecule has 0 saturated carbocycles. The third-order valence-corrected chi connectivity index (χ3v) is 1.97. The number of amides is 1. The zero-order valence-electron chi connectivity index (χ0n) is 8.48. The first-order valence-electron chi connectivity index (χ1n) is 4.47. The topological polar surface area (TPSA) is 85.3 Å². The molecule has 6 heteroatoms. The van der Waals surface area contributed by atoms with E-state index in [4.69, 9.17) is 5.73 Å². The van der Waals surface area contributed by atoms with Crippen molar-refractivity contribution in [2.75, 3.05) is 11.1 Å². The van der Waals surface area contributed by atoms with Crippen LogP contribution in [0.4, 0.5) is 11.6 Å². The second-order valence-electron chi connectivity index (χ2n) is 3.26. The van der Waals surface area contributed by atoms with Crippen LogP contribution in [0.2, 0.25) is 0 Å². The molecule has 78 valence electrons. The zero-order valence-corrected chi connectivity index (χ0v) is 8.48. The number of nitrogens with zero attached hydrogens (tertiary/aromatic N) is 3. The number of nitrogens with one attached hydrogen (secondary N) is 1. The van der Waals surface area contributed by atoms with Gasteiger partial charge in [0.05, 0.1) is 5.69 Å². The highest BCUT2D eigenvalue weighted by Crippen LogP contribution is 2.16. The molecule has 2 rings (SSSR count). The number of anilines is 2. The summed E-state index contributed by atoms with van der Waals surface area (Å²) in [5, 5.41) is 6.73. The summed E-state index contributed by atoms with van der Waals surface area (Å²) in [6.07, 6.45) is 0. The molecular formula is C9H11N5O. The van der Waals surface area contributed by atoms with Crippen LogP contribution in [0.3, 0.4) is 0 Å².